The van der Waals surface area contributed by atoms with E-state index >= 15 is 0 Å². The Labute approximate surface area is 270 Å². The second-order valence-electron chi connectivity index (χ2n) is 13.8. The van der Waals surface area contributed by atoms with Crippen molar-refractivity contribution in [1.29, 1.82) is 0 Å². The molecule has 5 atom stereocenters. The van der Waals surface area contributed by atoms with Crippen LogP contribution in [-0.2, 0) is 38.6 Å². The van der Waals surface area contributed by atoms with Crippen LogP contribution in [0.5, 0.6) is 0 Å². The maximum absolute atomic E-state index is 14.4. The average Bonchev–Trinajstić information content (AvgIpc) is 3.49. The molecular formula is C35H46N6O5. The lowest BCUT2D eigenvalue weighted by Gasteiger charge is -2.41. The van der Waals surface area contributed by atoms with Crippen LogP contribution >= 0.6 is 0 Å². The summed E-state index contributed by atoms with van der Waals surface area (Å²) in [6, 6.07) is 11.3. The smallest absolute Gasteiger partial charge is 0.251 e. The zero-order valence-corrected chi connectivity index (χ0v) is 27.2. The number of nitrogens with zero attached hydrogens (tertiary/aromatic N) is 1. The summed E-state index contributed by atoms with van der Waals surface area (Å²) in [5.41, 5.74) is 3.80. The molecule has 3 aliphatic rings. The number of aldehydes is 1. The minimum absolute atomic E-state index is 0.0519. The maximum atomic E-state index is 14.4. The highest BCUT2D eigenvalue weighted by Gasteiger charge is 2.42. The molecule has 11 nitrogen and oxygen atoms in total. The van der Waals surface area contributed by atoms with Crippen molar-refractivity contribution in [2.45, 2.75) is 89.6 Å². The Bertz CT molecular complexity index is 1490. The number of likely N-dealkylation sites (N-methyl/N-ethyl adjacent to an activating group) is 1. The van der Waals surface area contributed by atoms with Crippen molar-refractivity contribution in [2.75, 3.05) is 20.1 Å². The zero-order valence-electron chi connectivity index (χ0n) is 27.2. The highest BCUT2D eigenvalue weighted by Crippen LogP contribution is 2.32. The van der Waals surface area contributed by atoms with E-state index in [-0.39, 0.29) is 61.3 Å². The predicted octanol–water partition coefficient (Wildman–Crippen LogP) is 1.54. The molecule has 1 aliphatic carbocycles. The van der Waals surface area contributed by atoms with Gasteiger partial charge in [0.25, 0.3) is 5.91 Å². The van der Waals surface area contributed by atoms with Crippen molar-refractivity contribution in [3.63, 3.8) is 0 Å². The molecule has 246 valence electrons. The lowest BCUT2D eigenvalue weighted by molar-refractivity contribution is -0.147. The standard InChI is InChI=1S/C35H46N6O5/c1-35(2,3)31(40-30(43)18-36-4)34(46)41-19-24-14-23(32(44)38-25-16-26(20-42)37-17-25)13-12-22(24)15-29(41)33(45)39-28-11-7-9-21-8-5-6-10-27(21)28/h5-6,8,10,12-14,20,25-26,28-29,31,36-37H,7,9,11,15-19H2,1-4H3,(H,38,44)(H,39,45)(H,40,43)/t25?,26-,28?,29?,31?/m0/s1. The van der Waals surface area contributed by atoms with Gasteiger partial charge in [0.2, 0.25) is 17.7 Å². The first kappa shape index (κ1) is 33.3. The van der Waals surface area contributed by atoms with Crippen LogP contribution in [0, 0.1) is 5.41 Å². The second kappa shape index (κ2) is 14.1. The molecule has 0 bridgehead atoms. The largest absolute Gasteiger partial charge is 0.348 e. The number of rotatable bonds is 9. The summed E-state index contributed by atoms with van der Waals surface area (Å²) < 4.78 is 0. The Balaban J connectivity index is 1.43. The van der Waals surface area contributed by atoms with Crippen LogP contribution in [0.3, 0.4) is 0 Å². The van der Waals surface area contributed by atoms with Crippen LogP contribution in [-0.4, -0.2) is 79.1 Å². The fourth-order valence-corrected chi connectivity index (χ4v) is 6.80. The third kappa shape index (κ3) is 7.47. The van der Waals surface area contributed by atoms with Gasteiger partial charge >= 0.3 is 0 Å². The Morgan fingerprint density at radius 3 is 2.54 bits per heavy atom. The number of carbonyl (C=O) groups excluding carboxylic acids is 5. The summed E-state index contributed by atoms with van der Waals surface area (Å²) in [5, 5.41) is 15.0. The van der Waals surface area contributed by atoms with E-state index in [0.29, 0.717) is 18.5 Å². The minimum atomic E-state index is -0.882. The molecule has 5 N–H and O–H groups in total. The van der Waals surface area contributed by atoms with Gasteiger partial charge in [-0.2, -0.15) is 0 Å². The Hall–Kier alpha value is -4.09. The van der Waals surface area contributed by atoms with Gasteiger partial charge in [0.05, 0.1) is 18.6 Å². The van der Waals surface area contributed by atoms with Gasteiger partial charge in [-0.1, -0.05) is 51.1 Å². The number of nitrogens with one attached hydrogen (secondary N) is 5. The SMILES string of the molecule is CNCC(=O)NC(C(=O)N1Cc2cc(C(=O)NC3CN[C@H](C=O)C3)ccc2CC1C(=O)NC1CCCc2ccccc21)C(C)(C)C. The lowest BCUT2D eigenvalue weighted by atomic mass is 9.83. The van der Waals surface area contributed by atoms with E-state index in [1.807, 2.05) is 39.0 Å². The van der Waals surface area contributed by atoms with Crippen molar-refractivity contribution < 1.29 is 24.0 Å². The van der Waals surface area contributed by atoms with Crippen molar-refractivity contribution in [3.8, 4) is 0 Å². The molecule has 1 fully saturated rings. The molecule has 0 spiro atoms. The molecule has 4 amide bonds. The number of benzene rings is 2. The molecule has 1 saturated heterocycles. The number of hydrogen-bond donors (Lipinski definition) is 5. The molecular weight excluding hydrogens is 584 g/mol. The number of hydrogen-bond acceptors (Lipinski definition) is 7. The van der Waals surface area contributed by atoms with Crippen LogP contribution in [0.4, 0.5) is 0 Å². The van der Waals surface area contributed by atoms with Gasteiger partial charge in [0, 0.05) is 31.1 Å². The molecule has 2 heterocycles. The second-order valence-corrected chi connectivity index (χ2v) is 13.8. The average molecular weight is 631 g/mol. The molecule has 2 aromatic carbocycles. The first-order valence-electron chi connectivity index (χ1n) is 16.2. The third-order valence-corrected chi connectivity index (χ3v) is 9.29. The summed E-state index contributed by atoms with van der Waals surface area (Å²) in [5.74, 6) is -1.17. The van der Waals surface area contributed by atoms with E-state index in [9.17, 15) is 24.0 Å². The van der Waals surface area contributed by atoms with Gasteiger partial charge in [-0.3, -0.25) is 19.2 Å². The summed E-state index contributed by atoms with van der Waals surface area (Å²) in [6.07, 6.45) is 4.39. The first-order chi connectivity index (χ1) is 22.0. The number of aryl methyl sites for hydroxylation is 1. The first-order valence-corrected chi connectivity index (χ1v) is 16.2. The summed E-state index contributed by atoms with van der Waals surface area (Å²) in [4.78, 5) is 67.1. The molecule has 4 unspecified atom stereocenters. The fourth-order valence-electron chi connectivity index (χ4n) is 6.80. The van der Waals surface area contributed by atoms with Crippen LogP contribution in [0.25, 0.3) is 0 Å². The molecule has 0 radical (unpaired) electrons. The summed E-state index contributed by atoms with van der Waals surface area (Å²) in [7, 11) is 1.66. The molecule has 46 heavy (non-hydrogen) atoms. The molecule has 2 aliphatic heterocycles. The molecule has 0 saturated carbocycles. The van der Waals surface area contributed by atoms with Crippen LogP contribution in [0.15, 0.2) is 42.5 Å². The molecule has 11 heteroatoms. The zero-order chi connectivity index (χ0) is 33.0. The van der Waals surface area contributed by atoms with E-state index in [1.165, 1.54) is 5.56 Å². The summed E-state index contributed by atoms with van der Waals surface area (Å²) in [6.45, 7) is 6.33. The van der Waals surface area contributed by atoms with Crippen LogP contribution in [0.2, 0.25) is 0 Å². The van der Waals surface area contributed by atoms with Crippen molar-refractivity contribution in [2.24, 2.45) is 5.41 Å². The van der Waals surface area contributed by atoms with Gasteiger partial charge in [-0.05, 0) is 72.5 Å². The van der Waals surface area contributed by atoms with Gasteiger partial charge in [-0.25, -0.2) is 0 Å². The number of amides is 4. The van der Waals surface area contributed by atoms with E-state index in [4.69, 9.17) is 0 Å². The Kier molecular flexibility index (Phi) is 10.2. The van der Waals surface area contributed by atoms with E-state index in [0.717, 1.165) is 42.2 Å². The quantitative estimate of drug-likeness (QED) is 0.264. The van der Waals surface area contributed by atoms with Crippen molar-refractivity contribution in [1.82, 2.24) is 31.5 Å². The predicted molar refractivity (Wildman–Crippen MR) is 174 cm³/mol. The monoisotopic (exact) mass is 630 g/mol. The number of carbonyl (C=O) groups is 5. The highest BCUT2D eigenvalue weighted by atomic mass is 16.2. The fraction of sp³-hybridized carbons (Fsp3) is 0.514. The van der Waals surface area contributed by atoms with Crippen LogP contribution in [0.1, 0.15) is 78.7 Å². The van der Waals surface area contributed by atoms with Crippen molar-refractivity contribution in [3.05, 3.63) is 70.3 Å². The van der Waals surface area contributed by atoms with E-state index in [1.54, 1.807) is 24.1 Å². The van der Waals surface area contributed by atoms with Gasteiger partial charge in [0.15, 0.2) is 0 Å². The highest BCUT2D eigenvalue weighted by molar-refractivity contribution is 5.96. The molecule has 0 aromatic heterocycles. The van der Waals surface area contributed by atoms with Gasteiger partial charge in [0.1, 0.15) is 18.4 Å². The topological polar surface area (TPSA) is 149 Å². The minimum Gasteiger partial charge on any atom is -0.348 e. The molecule has 2 aromatic rings. The summed E-state index contributed by atoms with van der Waals surface area (Å²) >= 11 is 0. The van der Waals surface area contributed by atoms with Gasteiger partial charge < -0.3 is 36.3 Å². The Morgan fingerprint density at radius 2 is 1.83 bits per heavy atom. The maximum Gasteiger partial charge on any atom is 0.251 e. The van der Waals surface area contributed by atoms with Crippen molar-refractivity contribution >= 4 is 29.9 Å². The van der Waals surface area contributed by atoms with Crippen LogP contribution < -0.4 is 26.6 Å². The van der Waals surface area contributed by atoms with E-state index < -0.39 is 17.5 Å². The van der Waals surface area contributed by atoms with E-state index in [2.05, 4.69) is 38.7 Å². The van der Waals surface area contributed by atoms with Gasteiger partial charge in [-0.15, -0.1) is 0 Å². The molecule has 5 rings (SSSR count). The number of fused-ring (bicyclic) bond motifs is 2. The lowest BCUT2D eigenvalue weighted by Crippen LogP contribution is -2.61. The normalized spacial score (nSPS) is 23.0. The third-order valence-electron chi connectivity index (χ3n) is 9.29. The Morgan fingerprint density at radius 1 is 1.04 bits per heavy atom.